The zero-order valence-electron chi connectivity index (χ0n) is 12.6. The van der Waals surface area contributed by atoms with Gasteiger partial charge in [0, 0.05) is 37.1 Å². The summed E-state index contributed by atoms with van der Waals surface area (Å²) in [6.45, 7) is 6.45. The molecule has 8 heteroatoms. The monoisotopic (exact) mass is 336 g/mol. The minimum Gasteiger partial charge on any atom is -0.377 e. The van der Waals surface area contributed by atoms with Crippen molar-refractivity contribution in [2.24, 2.45) is 0 Å². The van der Waals surface area contributed by atoms with Crippen molar-refractivity contribution in [3.63, 3.8) is 0 Å². The van der Waals surface area contributed by atoms with Crippen LogP contribution in [0.4, 0.5) is 0 Å². The summed E-state index contributed by atoms with van der Waals surface area (Å²) in [5, 5.41) is 2.73. The highest BCUT2D eigenvalue weighted by atomic mass is 35.7. The van der Waals surface area contributed by atoms with Crippen LogP contribution in [0.25, 0.3) is 0 Å². The van der Waals surface area contributed by atoms with Crippen LogP contribution < -0.4 is 5.32 Å². The first-order valence-electron chi connectivity index (χ1n) is 6.59. The highest BCUT2D eigenvalue weighted by Gasteiger charge is 2.22. The first-order valence-corrected chi connectivity index (χ1v) is 8.90. The lowest BCUT2D eigenvalue weighted by atomic mass is 10.1. The third kappa shape index (κ3) is 5.01. The number of amides is 1. The van der Waals surface area contributed by atoms with Crippen LogP contribution in [0.5, 0.6) is 0 Å². The molecule has 0 aliphatic carbocycles. The number of rotatable bonds is 7. The van der Waals surface area contributed by atoms with Gasteiger partial charge in [0.15, 0.2) is 0 Å². The molecule has 0 aliphatic rings. The molecule has 21 heavy (non-hydrogen) atoms. The maximum absolute atomic E-state index is 12.2. The van der Waals surface area contributed by atoms with E-state index >= 15 is 0 Å². The molecule has 0 saturated carbocycles. The first kappa shape index (κ1) is 18.0. The molecule has 0 bridgehead atoms. The highest BCUT2D eigenvalue weighted by Crippen LogP contribution is 2.19. The lowest BCUT2D eigenvalue weighted by Crippen LogP contribution is -2.40. The molecule has 6 nitrogen and oxygen atoms in total. The first-order chi connectivity index (χ1) is 9.60. The minimum absolute atomic E-state index is 0.0752. The molecule has 0 aliphatic heterocycles. The van der Waals surface area contributed by atoms with E-state index in [9.17, 15) is 13.2 Å². The second-order valence-corrected chi connectivity index (χ2v) is 7.90. The third-order valence-electron chi connectivity index (χ3n) is 3.08. The van der Waals surface area contributed by atoms with Gasteiger partial charge in [-0.2, -0.15) is 0 Å². The molecular weight excluding hydrogens is 316 g/mol. The largest absolute Gasteiger partial charge is 0.377 e. The fraction of sp³-hybridized carbons (Fsp3) is 0.615. The number of hydrogen-bond donors (Lipinski definition) is 1. The van der Waals surface area contributed by atoms with Gasteiger partial charge in [0.05, 0.1) is 5.60 Å². The molecule has 0 unspecified atom stereocenters. The summed E-state index contributed by atoms with van der Waals surface area (Å²) in [5.41, 5.74) is -0.234. The Bertz CT molecular complexity index is 608. The number of nitrogens with one attached hydrogen (secondary N) is 1. The fourth-order valence-corrected chi connectivity index (χ4v) is 2.45. The predicted molar refractivity (Wildman–Crippen MR) is 81.2 cm³/mol. The van der Waals surface area contributed by atoms with Gasteiger partial charge in [-0.1, -0.05) is 6.92 Å². The van der Waals surface area contributed by atoms with Crippen LogP contribution >= 0.6 is 10.7 Å². The average Bonchev–Trinajstić information content (AvgIpc) is 2.81. The SMILES string of the molecule is CCCn1cc(S(=O)(=O)Cl)cc1C(=O)NCC(C)(C)OC. The van der Waals surface area contributed by atoms with E-state index in [1.54, 1.807) is 11.7 Å². The Kier molecular flexibility index (Phi) is 5.83. The maximum Gasteiger partial charge on any atom is 0.268 e. The van der Waals surface area contributed by atoms with Gasteiger partial charge in [-0.15, -0.1) is 0 Å². The van der Waals surface area contributed by atoms with E-state index in [4.69, 9.17) is 15.4 Å². The minimum atomic E-state index is -3.86. The van der Waals surface area contributed by atoms with Gasteiger partial charge >= 0.3 is 0 Å². The summed E-state index contributed by atoms with van der Waals surface area (Å²) >= 11 is 0. The molecule has 1 amide bonds. The van der Waals surface area contributed by atoms with Gasteiger partial charge in [-0.25, -0.2) is 8.42 Å². The molecule has 1 N–H and O–H groups in total. The fourth-order valence-electron chi connectivity index (χ4n) is 1.69. The Balaban J connectivity index is 3.00. The predicted octanol–water partition coefficient (Wildman–Crippen LogP) is 1.98. The summed E-state index contributed by atoms with van der Waals surface area (Å²) in [6.07, 6.45) is 2.14. The van der Waals surface area contributed by atoms with Crippen molar-refractivity contribution in [3.8, 4) is 0 Å². The summed E-state index contributed by atoms with van der Waals surface area (Å²) in [7, 11) is 3.03. The molecule has 0 saturated heterocycles. The lowest BCUT2D eigenvalue weighted by Gasteiger charge is -2.23. The average molecular weight is 337 g/mol. The van der Waals surface area contributed by atoms with Crippen molar-refractivity contribution in [1.29, 1.82) is 0 Å². The molecule has 0 radical (unpaired) electrons. The van der Waals surface area contributed by atoms with Crippen LogP contribution in [0.3, 0.4) is 0 Å². The quantitative estimate of drug-likeness (QED) is 0.772. The van der Waals surface area contributed by atoms with Gasteiger partial charge in [0.1, 0.15) is 10.6 Å². The van der Waals surface area contributed by atoms with Crippen molar-refractivity contribution < 1.29 is 17.9 Å². The van der Waals surface area contributed by atoms with Crippen LogP contribution in [0.1, 0.15) is 37.7 Å². The number of methoxy groups -OCH3 is 1. The van der Waals surface area contributed by atoms with E-state index in [1.807, 2.05) is 20.8 Å². The van der Waals surface area contributed by atoms with E-state index in [-0.39, 0.29) is 16.5 Å². The van der Waals surface area contributed by atoms with Gasteiger partial charge in [0.2, 0.25) is 0 Å². The highest BCUT2D eigenvalue weighted by molar-refractivity contribution is 8.13. The van der Waals surface area contributed by atoms with E-state index in [0.717, 1.165) is 6.42 Å². The number of aromatic nitrogens is 1. The standard InChI is InChI=1S/C13H21ClN2O4S/c1-5-6-16-8-10(21(14,18)19)7-11(16)12(17)15-9-13(2,3)20-4/h7-8H,5-6,9H2,1-4H3,(H,15,17). The zero-order chi connectivity index (χ0) is 16.3. The van der Waals surface area contributed by atoms with E-state index in [0.29, 0.717) is 13.1 Å². The van der Waals surface area contributed by atoms with E-state index < -0.39 is 14.7 Å². The number of aryl methyl sites for hydroxylation is 1. The van der Waals surface area contributed by atoms with Gasteiger partial charge in [0.25, 0.3) is 15.0 Å². The van der Waals surface area contributed by atoms with Crippen LogP contribution in [-0.4, -0.2) is 38.1 Å². The Morgan fingerprint density at radius 3 is 2.57 bits per heavy atom. The maximum atomic E-state index is 12.2. The molecule has 0 aromatic carbocycles. The van der Waals surface area contributed by atoms with E-state index in [2.05, 4.69) is 5.32 Å². The Morgan fingerprint density at radius 2 is 2.10 bits per heavy atom. The normalized spacial score (nSPS) is 12.4. The summed E-state index contributed by atoms with van der Waals surface area (Å²) in [5.74, 6) is -0.361. The van der Waals surface area contributed by atoms with Crippen molar-refractivity contribution in [3.05, 3.63) is 18.0 Å². The molecular formula is C13H21ClN2O4S. The summed E-state index contributed by atoms with van der Waals surface area (Å²) < 4.78 is 29.6. The number of nitrogens with zero attached hydrogens (tertiary/aromatic N) is 1. The van der Waals surface area contributed by atoms with Crippen LogP contribution in [0.15, 0.2) is 17.2 Å². The Hall–Kier alpha value is -1.05. The topological polar surface area (TPSA) is 77.4 Å². The number of carbonyl (C=O) groups excluding carboxylic acids is 1. The second kappa shape index (κ2) is 6.81. The molecule has 0 atom stereocenters. The third-order valence-corrected chi connectivity index (χ3v) is 4.40. The van der Waals surface area contributed by atoms with Crippen LogP contribution in [0.2, 0.25) is 0 Å². The van der Waals surface area contributed by atoms with Crippen LogP contribution in [-0.2, 0) is 20.3 Å². The molecule has 1 aromatic heterocycles. The van der Waals surface area contributed by atoms with Crippen molar-refractivity contribution >= 4 is 25.6 Å². The molecule has 1 aromatic rings. The number of carbonyl (C=O) groups is 1. The Labute approximate surface area is 129 Å². The number of ether oxygens (including phenoxy) is 1. The molecule has 1 heterocycles. The molecule has 120 valence electrons. The number of hydrogen-bond acceptors (Lipinski definition) is 4. The van der Waals surface area contributed by atoms with Crippen molar-refractivity contribution in [2.75, 3.05) is 13.7 Å². The zero-order valence-corrected chi connectivity index (χ0v) is 14.2. The second-order valence-electron chi connectivity index (χ2n) is 5.34. The summed E-state index contributed by atoms with van der Waals surface area (Å²) in [4.78, 5) is 12.1. The lowest BCUT2D eigenvalue weighted by molar-refractivity contribution is 0.0227. The van der Waals surface area contributed by atoms with Crippen molar-refractivity contribution in [2.45, 2.75) is 44.2 Å². The molecule has 1 rings (SSSR count). The van der Waals surface area contributed by atoms with Gasteiger partial charge < -0.3 is 14.6 Å². The molecule has 0 spiro atoms. The van der Waals surface area contributed by atoms with Gasteiger partial charge in [-0.05, 0) is 26.3 Å². The van der Waals surface area contributed by atoms with Gasteiger partial charge in [-0.3, -0.25) is 4.79 Å². The Morgan fingerprint density at radius 1 is 1.48 bits per heavy atom. The smallest absolute Gasteiger partial charge is 0.268 e. The van der Waals surface area contributed by atoms with Crippen LogP contribution in [0, 0.1) is 0 Å². The van der Waals surface area contributed by atoms with Crippen molar-refractivity contribution in [1.82, 2.24) is 9.88 Å². The number of halogens is 1. The summed E-state index contributed by atoms with van der Waals surface area (Å²) in [6, 6.07) is 1.28. The van der Waals surface area contributed by atoms with E-state index in [1.165, 1.54) is 12.3 Å². The molecule has 0 fully saturated rings.